The average Bonchev–Trinajstić information content (AvgIpc) is 2.61. The Balaban J connectivity index is 1.89. The molecule has 1 amide bonds. The Morgan fingerprint density at radius 1 is 1.08 bits per heavy atom. The van der Waals surface area contributed by atoms with Gasteiger partial charge in [-0.15, -0.1) is 0 Å². The predicted molar refractivity (Wildman–Crippen MR) is 92.9 cm³/mol. The number of hydrogen-bond donors (Lipinski definition) is 1. The maximum Gasteiger partial charge on any atom is 0.387 e. The van der Waals surface area contributed by atoms with Crippen LogP contribution in [-0.2, 0) is 11.3 Å². The van der Waals surface area contributed by atoms with E-state index in [9.17, 15) is 13.6 Å². The summed E-state index contributed by atoms with van der Waals surface area (Å²) in [6.45, 7) is 1.01. The molecule has 2 aromatic rings. The fraction of sp³-hybridized carbons (Fsp3) is 0.316. The average molecular weight is 365 g/mol. The van der Waals surface area contributed by atoms with Gasteiger partial charge in [-0.3, -0.25) is 4.79 Å². The van der Waals surface area contributed by atoms with Crippen LogP contribution in [0.3, 0.4) is 0 Å². The van der Waals surface area contributed by atoms with Crippen LogP contribution in [0.1, 0.15) is 16.7 Å². The molecule has 0 aromatic heterocycles. The molecule has 7 heteroatoms. The Kier molecular flexibility index (Phi) is 6.77. The van der Waals surface area contributed by atoms with Crippen LogP contribution in [0.4, 0.5) is 8.78 Å². The lowest BCUT2D eigenvalue weighted by Gasteiger charge is -2.12. The van der Waals surface area contributed by atoms with E-state index >= 15 is 0 Å². The Morgan fingerprint density at radius 2 is 1.85 bits per heavy atom. The van der Waals surface area contributed by atoms with E-state index in [-0.39, 0.29) is 30.6 Å². The van der Waals surface area contributed by atoms with E-state index in [0.717, 1.165) is 11.1 Å². The third-order valence-electron chi connectivity index (χ3n) is 3.64. The van der Waals surface area contributed by atoms with Crippen LogP contribution >= 0.6 is 0 Å². The lowest BCUT2D eigenvalue weighted by atomic mass is 10.1. The van der Waals surface area contributed by atoms with Gasteiger partial charge in [0.25, 0.3) is 5.91 Å². The van der Waals surface area contributed by atoms with Crippen LogP contribution in [0.25, 0.3) is 0 Å². The third kappa shape index (κ3) is 5.61. The van der Waals surface area contributed by atoms with Crippen molar-refractivity contribution < 1.29 is 27.8 Å². The largest absolute Gasteiger partial charge is 0.493 e. The number of halogens is 2. The molecule has 26 heavy (non-hydrogen) atoms. The lowest BCUT2D eigenvalue weighted by Crippen LogP contribution is -2.28. The van der Waals surface area contributed by atoms with Crippen molar-refractivity contribution in [2.24, 2.45) is 0 Å². The molecule has 140 valence electrons. The van der Waals surface area contributed by atoms with E-state index in [1.807, 2.05) is 32.0 Å². The normalized spacial score (nSPS) is 10.5. The molecule has 0 atom stereocenters. The molecule has 0 aliphatic carbocycles. The Morgan fingerprint density at radius 3 is 2.54 bits per heavy atom. The van der Waals surface area contributed by atoms with Gasteiger partial charge in [-0.1, -0.05) is 18.2 Å². The van der Waals surface area contributed by atoms with Gasteiger partial charge in [-0.25, -0.2) is 0 Å². The van der Waals surface area contributed by atoms with Crippen molar-refractivity contribution in [2.75, 3.05) is 13.7 Å². The summed E-state index contributed by atoms with van der Waals surface area (Å²) in [5, 5.41) is 2.71. The number of rotatable bonds is 8. The van der Waals surface area contributed by atoms with Crippen LogP contribution in [-0.4, -0.2) is 26.2 Å². The molecule has 0 saturated heterocycles. The van der Waals surface area contributed by atoms with Gasteiger partial charge >= 0.3 is 6.61 Å². The molecule has 0 fully saturated rings. The first kappa shape index (κ1) is 19.5. The minimum Gasteiger partial charge on any atom is -0.493 e. The van der Waals surface area contributed by atoms with E-state index in [2.05, 4.69) is 10.1 Å². The summed E-state index contributed by atoms with van der Waals surface area (Å²) in [6.07, 6.45) is 0. The molecule has 0 aliphatic rings. The lowest BCUT2D eigenvalue weighted by molar-refractivity contribution is -0.123. The number of nitrogens with one attached hydrogen (secondary N) is 1. The van der Waals surface area contributed by atoms with E-state index < -0.39 is 6.61 Å². The molecule has 1 N–H and O–H groups in total. The summed E-state index contributed by atoms with van der Waals surface area (Å²) in [6, 6.07) is 10.2. The van der Waals surface area contributed by atoms with Crippen LogP contribution < -0.4 is 19.5 Å². The van der Waals surface area contributed by atoms with Gasteiger partial charge in [0, 0.05) is 6.54 Å². The second-order valence-electron chi connectivity index (χ2n) is 5.70. The molecule has 5 nitrogen and oxygen atoms in total. The highest BCUT2D eigenvalue weighted by Gasteiger charge is 2.12. The predicted octanol–water partition coefficient (Wildman–Crippen LogP) is 3.61. The zero-order valence-electron chi connectivity index (χ0n) is 14.8. The van der Waals surface area contributed by atoms with Gasteiger partial charge in [-0.05, 0) is 48.7 Å². The van der Waals surface area contributed by atoms with Crippen LogP contribution in [0, 0.1) is 13.8 Å². The minimum atomic E-state index is -2.93. The number of alkyl halides is 2. The van der Waals surface area contributed by atoms with E-state index in [4.69, 9.17) is 9.47 Å². The van der Waals surface area contributed by atoms with Crippen molar-refractivity contribution in [1.82, 2.24) is 5.32 Å². The van der Waals surface area contributed by atoms with Crippen molar-refractivity contribution in [3.63, 3.8) is 0 Å². The van der Waals surface area contributed by atoms with Crippen molar-refractivity contribution in [1.29, 1.82) is 0 Å². The monoisotopic (exact) mass is 365 g/mol. The standard InChI is InChI=1S/C19H21F2NO4/c1-12-4-5-13(2)16(8-12)25-11-18(23)22-10-14-6-7-15(26-19(20)21)17(9-14)24-3/h4-9,19H,10-11H2,1-3H3,(H,22,23). The summed E-state index contributed by atoms with van der Waals surface area (Å²) in [7, 11) is 1.36. The third-order valence-corrected chi connectivity index (χ3v) is 3.64. The molecule has 0 heterocycles. The smallest absolute Gasteiger partial charge is 0.387 e. The number of benzene rings is 2. The first-order valence-electron chi connectivity index (χ1n) is 7.97. The number of ether oxygens (including phenoxy) is 3. The zero-order valence-corrected chi connectivity index (χ0v) is 14.8. The summed E-state index contributed by atoms with van der Waals surface area (Å²) < 4.78 is 39.6. The van der Waals surface area contributed by atoms with Crippen molar-refractivity contribution in [3.05, 3.63) is 53.1 Å². The van der Waals surface area contributed by atoms with Gasteiger partial charge in [0.1, 0.15) is 5.75 Å². The highest BCUT2D eigenvalue weighted by Crippen LogP contribution is 2.29. The molecule has 0 radical (unpaired) electrons. The van der Waals surface area contributed by atoms with Gasteiger partial charge in [0.2, 0.25) is 0 Å². The number of hydrogen-bond acceptors (Lipinski definition) is 4. The Hall–Kier alpha value is -2.83. The quantitative estimate of drug-likeness (QED) is 0.776. The highest BCUT2D eigenvalue weighted by atomic mass is 19.3. The number of amides is 1. The minimum absolute atomic E-state index is 0.0594. The number of carbonyl (C=O) groups is 1. The molecule has 0 bridgehead atoms. The Labute approximate surface area is 150 Å². The molecular formula is C19H21F2NO4. The second-order valence-corrected chi connectivity index (χ2v) is 5.70. The zero-order chi connectivity index (χ0) is 19.1. The maximum atomic E-state index is 12.3. The van der Waals surface area contributed by atoms with Crippen molar-refractivity contribution in [3.8, 4) is 17.2 Å². The van der Waals surface area contributed by atoms with E-state index in [1.54, 1.807) is 6.07 Å². The van der Waals surface area contributed by atoms with E-state index in [0.29, 0.717) is 11.3 Å². The van der Waals surface area contributed by atoms with Gasteiger partial charge in [0.15, 0.2) is 18.1 Å². The summed E-state index contributed by atoms with van der Waals surface area (Å²) in [5.74, 6) is 0.479. The number of carbonyl (C=O) groups excluding carboxylic acids is 1. The summed E-state index contributed by atoms with van der Waals surface area (Å²) in [5.41, 5.74) is 2.68. The highest BCUT2D eigenvalue weighted by molar-refractivity contribution is 5.77. The van der Waals surface area contributed by atoms with Crippen molar-refractivity contribution in [2.45, 2.75) is 27.0 Å². The molecule has 0 spiro atoms. The Bertz CT molecular complexity index is 765. The summed E-state index contributed by atoms with van der Waals surface area (Å²) >= 11 is 0. The fourth-order valence-electron chi connectivity index (χ4n) is 2.27. The first-order chi connectivity index (χ1) is 12.4. The maximum absolute atomic E-state index is 12.3. The van der Waals surface area contributed by atoms with Gasteiger partial charge in [-0.2, -0.15) is 8.78 Å². The van der Waals surface area contributed by atoms with Gasteiger partial charge in [0.05, 0.1) is 7.11 Å². The number of methoxy groups -OCH3 is 1. The van der Waals surface area contributed by atoms with Crippen LogP contribution in [0.5, 0.6) is 17.2 Å². The molecule has 0 aliphatic heterocycles. The second kappa shape index (κ2) is 9.03. The van der Waals surface area contributed by atoms with Crippen LogP contribution in [0.2, 0.25) is 0 Å². The first-order valence-corrected chi connectivity index (χ1v) is 7.97. The fourth-order valence-corrected chi connectivity index (χ4v) is 2.27. The topological polar surface area (TPSA) is 56.8 Å². The number of aryl methyl sites for hydroxylation is 2. The van der Waals surface area contributed by atoms with Crippen molar-refractivity contribution >= 4 is 5.91 Å². The molecular weight excluding hydrogens is 344 g/mol. The SMILES string of the molecule is COc1cc(CNC(=O)COc2cc(C)ccc2C)ccc1OC(F)F. The molecule has 0 saturated carbocycles. The molecule has 0 unspecified atom stereocenters. The van der Waals surface area contributed by atoms with Gasteiger partial charge < -0.3 is 19.5 Å². The molecule has 2 aromatic carbocycles. The molecule has 2 rings (SSSR count). The van der Waals surface area contributed by atoms with Crippen LogP contribution in [0.15, 0.2) is 36.4 Å². The van der Waals surface area contributed by atoms with E-state index in [1.165, 1.54) is 19.2 Å². The summed E-state index contributed by atoms with van der Waals surface area (Å²) in [4.78, 5) is 12.0.